The third-order valence-electron chi connectivity index (χ3n) is 4.85. The Labute approximate surface area is 172 Å². The highest BCUT2D eigenvalue weighted by atomic mass is 32.2. The van der Waals surface area contributed by atoms with Crippen LogP contribution in [-0.4, -0.2) is 33.5 Å². The fourth-order valence-corrected chi connectivity index (χ4v) is 5.73. The standard InChI is InChI=1S/C21H24N2O3S2/c1-12-7-13(2)9-15(8-12)26-10-14(24)11-27-21-22-19(25)18-16-5-3-4-6-17(16)28-20(18)23-21/h7-9,14,24H,3-6,10-11H2,1-2H3,(H,22,23,25)/t14-/m1/s1. The third-order valence-corrected chi connectivity index (χ3v) is 7.06. The van der Waals surface area contributed by atoms with E-state index in [0.717, 1.165) is 46.4 Å². The number of aromatic nitrogens is 2. The van der Waals surface area contributed by atoms with Crippen LogP contribution in [0.2, 0.25) is 0 Å². The predicted octanol–water partition coefficient (Wildman–Crippen LogP) is 4.01. The Kier molecular flexibility index (Phi) is 5.75. The van der Waals surface area contributed by atoms with Gasteiger partial charge in [0.25, 0.3) is 5.56 Å². The van der Waals surface area contributed by atoms with Gasteiger partial charge in [-0.2, -0.15) is 0 Å². The summed E-state index contributed by atoms with van der Waals surface area (Å²) >= 11 is 3.00. The first-order chi connectivity index (χ1) is 13.5. The highest BCUT2D eigenvalue weighted by Crippen LogP contribution is 2.34. The summed E-state index contributed by atoms with van der Waals surface area (Å²) in [5, 5.41) is 11.6. The van der Waals surface area contributed by atoms with Gasteiger partial charge in [0.05, 0.1) is 11.5 Å². The number of aryl methyl sites for hydroxylation is 4. The molecule has 3 aromatic rings. The number of H-pyrrole nitrogens is 1. The maximum absolute atomic E-state index is 12.6. The number of rotatable bonds is 6. The van der Waals surface area contributed by atoms with E-state index >= 15 is 0 Å². The van der Waals surface area contributed by atoms with Gasteiger partial charge in [-0.05, 0) is 68.4 Å². The molecular weight excluding hydrogens is 392 g/mol. The molecule has 0 bridgehead atoms. The van der Waals surface area contributed by atoms with E-state index in [1.165, 1.54) is 28.6 Å². The zero-order valence-electron chi connectivity index (χ0n) is 16.1. The van der Waals surface area contributed by atoms with E-state index in [-0.39, 0.29) is 12.2 Å². The maximum Gasteiger partial charge on any atom is 0.260 e. The van der Waals surface area contributed by atoms with Crippen molar-refractivity contribution in [3.05, 3.63) is 50.1 Å². The number of ether oxygens (including phenoxy) is 1. The SMILES string of the molecule is Cc1cc(C)cc(OC[C@@H](O)CSc2nc3sc4c(c3c(=O)[nH]2)CCCC4)c1. The molecule has 0 radical (unpaired) electrons. The fraction of sp³-hybridized carbons (Fsp3) is 0.429. The van der Waals surface area contributed by atoms with Gasteiger partial charge in [-0.3, -0.25) is 4.79 Å². The van der Waals surface area contributed by atoms with Gasteiger partial charge in [-0.15, -0.1) is 11.3 Å². The molecule has 4 rings (SSSR count). The molecule has 0 unspecified atom stereocenters. The third kappa shape index (κ3) is 4.26. The van der Waals surface area contributed by atoms with Crippen LogP contribution in [0.25, 0.3) is 10.2 Å². The van der Waals surface area contributed by atoms with Crippen molar-refractivity contribution in [1.82, 2.24) is 9.97 Å². The van der Waals surface area contributed by atoms with Crippen LogP contribution in [0.4, 0.5) is 0 Å². The number of hydrogen-bond acceptors (Lipinski definition) is 6. The Morgan fingerprint density at radius 3 is 2.79 bits per heavy atom. The Morgan fingerprint density at radius 1 is 1.25 bits per heavy atom. The molecular formula is C21H24N2O3S2. The van der Waals surface area contributed by atoms with Gasteiger partial charge in [-0.25, -0.2) is 4.98 Å². The number of thioether (sulfide) groups is 1. The Morgan fingerprint density at radius 2 is 2.00 bits per heavy atom. The molecule has 0 fully saturated rings. The molecule has 5 nitrogen and oxygen atoms in total. The normalized spacial score (nSPS) is 14.8. The first kappa shape index (κ1) is 19.5. The van der Waals surface area contributed by atoms with Gasteiger partial charge >= 0.3 is 0 Å². The number of nitrogens with zero attached hydrogens (tertiary/aromatic N) is 1. The van der Waals surface area contributed by atoms with Crippen molar-refractivity contribution < 1.29 is 9.84 Å². The molecule has 2 aromatic heterocycles. The van der Waals surface area contributed by atoms with Crippen molar-refractivity contribution >= 4 is 33.3 Å². The highest BCUT2D eigenvalue weighted by molar-refractivity contribution is 7.99. The molecule has 28 heavy (non-hydrogen) atoms. The fourth-order valence-electron chi connectivity index (χ4n) is 3.64. The van der Waals surface area contributed by atoms with Crippen molar-refractivity contribution in [2.75, 3.05) is 12.4 Å². The number of nitrogens with one attached hydrogen (secondary N) is 1. The van der Waals surface area contributed by atoms with Crippen LogP contribution >= 0.6 is 23.1 Å². The zero-order valence-corrected chi connectivity index (χ0v) is 17.7. The Hall–Kier alpha value is -1.83. The van der Waals surface area contributed by atoms with Crippen LogP contribution < -0.4 is 10.3 Å². The van der Waals surface area contributed by atoms with Crippen LogP contribution in [0.3, 0.4) is 0 Å². The number of aliphatic hydroxyl groups is 1. The lowest BCUT2D eigenvalue weighted by Crippen LogP contribution is -2.20. The van der Waals surface area contributed by atoms with Crippen molar-refractivity contribution in [2.45, 2.75) is 50.8 Å². The summed E-state index contributed by atoms with van der Waals surface area (Å²) in [6, 6.07) is 6.00. The van der Waals surface area contributed by atoms with E-state index in [1.54, 1.807) is 11.3 Å². The molecule has 0 spiro atoms. The van der Waals surface area contributed by atoms with Gasteiger partial charge in [-0.1, -0.05) is 17.8 Å². The molecule has 0 aliphatic heterocycles. The van der Waals surface area contributed by atoms with Crippen LogP contribution in [0, 0.1) is 13.8 Å². The zero-order chi connectivity index (χ0) is 19.7. The largest absolute Gasteiger partial charge is 0.491 e. The van der Waals surface area contributed by atoms with Crippen LogP contribution in [0.5, 0.6) is 5.75 Å². The van der Waals surface area contributed by atoms with Gasteiger partial charge < -0.3 is 14.8 Å². The quantitative estimate of drug-likeness (QED) is 0.469. The molecule has 0 amide bonds. The smallest absolute Gasteiger partial charge is 0.260 e. The summed E-state index contributed by atoms with van der Waals surface area (Å²) in [4.78, 5) is 22.2. The van der Waals surface area contributed by atoms with Gasteiger partial charge in [0.2, 0.25) is 0 Å². The lowest BCUT2D eigenvalue weighted by molar-refractivity contribution is 0.126. The number of benzene rings is 1. The second-order valence-corrected chi connectivity index (χ2v) is 9.45. The molecule has 1 atom stereocenters. The average Bonchev–Trinajstić information content (AvgIpc) is 3.03. The van der Waals surface area contributed by atoms with E-state index in [2.05, 4.69) is 16.0 Å². The molecule has 0 saturated carbocycles. The minimum Gasteiger partial charge on any atom is -0.491 e. The summed E-state index contributed by atoms with van der Waals surface area (Å²) in [7, 11) is 0. The topological polar surface area (TPSA) is 75.2 Å². The molecule has 1 aromatic carbocycles. The summed E-state index contributed by atoms with van der Waals surface area (Å²) in [6.45, 7) is 4.25. The van der Waals surface area contributed by atoms with Crippen LogP contribution in [0.15, 0.2) is 28.2 Å². The monoisotopic (exact) mass is 416 g/mol. The number of aromatic amines is 1. The van der Waals surface area contributed by atoms with Crippen molar-refractivity contribution in [1.29, 1.82) is 0 Å². The molecule has 1 aliphatic rings. The van der Waals surface area contributed by atoms with E-state index < -0.39 is 6.10 Å². The van der Waals surface area contributed by atoms with Gasteiger partial charge in [0.1, 0.15) is 17.2 Å². The summed E-state index contributed by atoms with van der Waals surface area (Å²) in [5.74, 6) is 1.17. The first-order valence-electron chi connectivity index (χ1n) is 9.56. The van der Waals surface area contributed by atoms with Crippen molar-refractivity contribution in [3.63, 3.8) is 0 Å². The molecule has 7 heteroatoms. The molecule has 2 N–H and O–H groups in total. The highest BCUT2D eigenvalue weighted by Gasteiger charge is 2.20. The Balaban J connectivity index is 1.40. The van der Waals surface area contributed by atoms with E-state index in [1.807, 2.05) is 26.0 Å². The average molecular weight is 417 g/mol. The lowest BCUT2D eigenvalue weighted by atomic mass is 9.97. The minimum absolute atomic E-state index is 0.0622. The summed E-state index contributed by atoms with van der Waals surface area (Å²) in [5.41, 5.74) is 3.39. The molecule has 2 heterocycles. The molecule has 1 aliphatic carbocycles. The summed E-state index contributed by atoms with van der Waals surface area (Å²) < 4.78 is 5.71. The van der Waals surface area contributed by atoms with Gasteiger partial charge in [0.15, 0.2) is 5.16 Å². The van der Waals surface area contributed by atoms with E-state index in [9.17, 15) is 9.90 Å². The number of thiophene rings is 1. The van der Waals surface area contributed by atoms with E-state index in [0.29, 0.717) is 10.9 Å². The van der Waals surface area contributed by atoms with Gasteiger partial charge in [0, 0.05) is 10.6 Å². The predicted molar refractivity (Wildman–Crippen MR) is 115 cm³/mol. The second-order valence-electron chi connectivity index (χ2n) is 7.36. The van der Waals surface area contributed by atoms with Crippen LogP contribution in [-0.2, 0) is 12.8 Å². The number of aliphatic hydroxyl groups excluding tert-OH is 1. The first-order valence-corrected chi connectivity index (χ1v) is 11.4. The lowest BCUT2D eigenvalue weighted by Gasteiger charge is -2.13. The van der Waals surface area contributed by atoms with E-state index in [4.69, 9.17) is 4.74 Å². The molecule has 148 valence electrons. The van der Waals surface area contributed by atoms with Crippen LogP contribution in [0.1, 0.15) is 34.4 Å². The number of hydrogen-bond donors (Lipinski definition) is 2. The Bertz CT molecular complexity index is 1040. The second kappa shape index (κ2) is 8.27. The summed E-state index contributed by atoms with van der Waals surface area (Å²) in [6.07, 6.45) is 3.70. The number of fused-ring (bicyclic) bond motifs is 3. The van der Waals surface area contributed by atoms with Crippen molar-refractivity contribution in [3.8, 4) is 5.75 Å². The molecule has 0 saturated heterocycles. The minimum atomic E-state index is -0.650. The maximum atomic E-state index is 12.6. The van der Waals surface area contributed by atoms with Crippen molar-refractivity contribution in [2.24, 2.45) is 0 Å².